The fraction of sp³-hybridized carbons (Fsp3) is 0.500. The number of aryl methyl sites for hydroxylation is 1. The number of hydrogen-bond donors (Lipinski definition) is 1. The normalized spacial score (nSPS) is 10.7. The molecule has 0 heterocycles. The summed E-state index contributed by atoms with van der Waals surface area (Å²) in [4.78, 5) is 2.26. The molecule has 0 aromatic heterocycles. The molecule has 0 radical (unpaired) electrons. The summed E-state index contributed by atoms with van der Waals surface area (Å²) in [5.41, 5.74) is 2.51. The maximum absolute atomic E-state index is 5.23. The highest BCUT2D eigenvalue weighted by Gasteiger charge is 2.02. The van der Waals surface area contributed by atoms with E-state index in [9.17, 15) is 0 Å². The van der Waals surface area contributed by atoms with Gasteiger partial charge in [-0.15, -0.1) is 0 Å². The Labute approximate surface area is 97.6 Å². The maximum atomic E-state index is 5.23. The first-order chi connectivity index (χ1) is 7.17. The summed E-state index contributed by atoms with van der Waals surface area (Å²) in [6.07, 6.45) is 0. The second kappa shape index (κ2) is 6.03. The number of benzene rings is 1. The second-order valence-corrected chi connectivity index (χ2v) is 4.21. The molecule has 0 aliphatic carbocycles. The van der Waals surface area contributed by atoms with Crippen LogP contribution < -0.4 is 4.74 Å². The molecule has 0 saturated heterocycles. The lowest BCUT2D eigenvalue weighted by Crippen LogP contribution is -2.20. The van der Waals surface area contributed by atoms with E-state index in [1.165, 1.54) is 11.1 Å². The lowest BCUT2D eigenvalue weighted by molar-refractivity contribution is 0.348. The summed E-state index contributed by atoms with van der Waals surface area (Å²) >= 11 is 4.22. The van der Waals surface area contributed by atoms with Gasteiger partial charge in [-0.05, 0) is 31.2 Å². The van der Waals surface area contributed by atoms with Gasteiger partial charge in [0, 0.05) is 18.8 Å². The van der Waals surface area contributed by atoms with Crippen LogP contribution in [0.25, 0.3) is 0 Å². The summed E-state index contributed by atoms with van der Waals surface area (Å²) in [5, 5.41) is 0. The van der Waals surface area contributed by atoms with E-state index in [2.05, 4.69) is 43.6 Å². The molecule has 0 saturated carbocycles. The van der Waals surface area contributed by atoms with Gasteiger partial charge in [-0.1, -0.05) is 12.1 Å². The predicted octanol–water partition coefficient (Wildman–Crippen LogP) is 2.37. The number of ether oxygens (including phenoxy) is 1. The highest BCUT2D eigenvalue weighted by Crippen LogP contribution is 2.19. The molecule has 0 amide bonds. The van der Waals surface area contributed by atoms with E-state index in [-0.39, 0.29) is 0 Å². The van der Waals surface area contributed by atoms with Crippen LogP contribution in [0.4, 0.5) is 0 Å². The quantitative estimate of drug-likeness (QED) is 0.772. The summed E-state index contributed by atoms with van der Waals surface area (Å²) in [6.45, 7) is 4.04. The fourth-order valence-corrected chi connectivity index (χ4v) is 1.94. The van der Waals surface area contributed by atoms with Crippen LogP contribution in [0, 0.1) is 6.92 Å². The zero-order chi connectivity index (χ0) is 11.3. The zero-order valence-electron chi connectivity index (χ0n) is 9.66. The van der Waals surface area contributed by atoms with Crippen LogP contribution in [0.2, 0.25) is 0 Å². The average Bonchev–Trinajstić information content (AvgIpc) is 2.18. The van der Waals surface area contributed by atoms with E-state index in [1.807, 2.05) is 6.07 Å². The van der Waals surface area contributed by atoms with Crippen molar-refractivity contribution in [1.29, 1.82) is 0 Å². The minimum atomic E-state index is 0.894. The molecule has 0 aliphatic heterocycles. The predicted molar refractivity (Wildman–Crippen MR) is 67.9 cm³/mol. The van der Waals surface area contributed by atoms with Crippen LogP contribution in [0.5, 0.6) is 5.75 Å². The largest absolute Gasteiger partial charge is 0.496 e. The fourth-order valence-electron chi connectivity index (χ4n) is 1.60. The third-order valence-corrected chi connectivity index (χ3v) is 2.59. The van der Waals surface area contributed by atoms with Gasteiger partial charge in [-0.25, -0.2) is 0 Å². The van der Waals surface area contributed by atoms with Gasteiger partial charge in [0.05, 0.1) is 7.11 Å². The van der Waals surface area contributed by atoms with Gasteiger partial charge >= 0.3 is 0 Å². The standard InChI is InChI=1S/C12H19NOS/c1-10-8-11(4-5-12(10)14-3)9-13(2)6-7-15/h4-5,8,15H,6-7,9H2,1-3H3. The maximum Gasteiger partial charge on any atom is 0.121 e. The average molecular weight is 225 g/mol. The highest BCUT2D eigenvalue weighted by molar-refractivity contribution is 7.80. The Morgan fingerprint density at radius 1 is 1.40 bits per heavy atom. The van der Waals surface area contributed by atoms with Crippen molar-refractivity contribution in [2.75, 3.05) is 26.5 Å². The van der Waals surface area contributed by atoms with E-state index < -0.39 is 0 Å². The van der Waals surface area contributed by atoms with Gasteiger partial charge < -0.3 is 9.64 Å². The van der Waals surface area contributed by atoms with Gasteiger partial charge in [0.15, 0.2) is 0 Å². The molecular weight excluding hydrogens is 206 g/mol. The molecule has 0 N–H and O–H groups in total. The van der Waals surface area contributed by atoms with Gasteiger partial charge in [0.25, 0.3) is 0 Å². The van der Waals surface area contributed by atoms with Crippen molar-refractivity contribution in [1.82, 2.24) is 4.90 Å². The summed E-state index contributed by atoms with van der Waals surface area (Å²) in [7, 11) is 3.81. The van der Waals surface area contributed by atoms with E-state index in [0.717, 1.165) is 24.6 Å². The molecule has 0 spiro atoms. The van der Waals surface area contributed by atoms with Gasteiger partial charge in [-0.3, -0.25) is 0 Å². The first kappa shape index (κ1) is 12.4. The molecule has 84 valence electrons. The third-order valence-electron chi connectivity index (χ3n) is 2.39. The van der Waals surface area contributed by atoms with Crippen LogP contribution in [0.3, 0.4) is 0 Å². The first-order valence-electron chi connectivity index (χ1n) is 5.10. The van der Waals surface area contributed by atoms with Crippen LogP contribution in [-0.4, -0.2) is 31.4 Å². The summed E-state index contributed by atoms with van der Waals surface area (Å²) < 4.78 is 5.23. The Hall–Kier alpha value is -0.670. The van der Waals surface area contributed by atoms with Crippen LogP contribution in [0.15, 0.2) is 18.2 Å². The van der Waals surface area contributed by atoms with Crippen LogP contribution >= 0.6 is 12.6 Å². The third kappa shape index (κ3) is 3.76. The van der Waals surface area contributed by atoms with E-state index in [4.69, 9.17) is 4.74 Å². The van der Waals surface area contributed by atoms with Crippen molar-refractivity contribution < 1.29 is 4.74 Å². The molecule has 0 unspecified atom stereocenters. The van der Waals surface area contributed by atoms with Gasteiger partial charge in [0.2, 0.25) is 0 Å². The van der Waals surface area contributed by atoms with Crippen molar-refractivity contribution in [2.45, 2.75) is 13.5 Å². The molecule has 0 fully saturated rings. The second-order valence-electron chi connectivity index (χ2n) is 3.77. The van der Waals surface area contributed by atoms with Crippen molar-refractivity contribution in [2.24, 2.45) is 0 Å². The highest BCUT2D eigenvalue weighted by atomic mass is 32.1. The lowest BCUT2D eigenvalue weighted by atomic mass is 10.1. The van der Waals surface area contributed by atoms with Crippen LogP contribution in [-0.2, 0) is 6.54 Å². The van der Waals surface area contributed by atoms with Crippen LogP contribution in [0.1, 0.15) is 11.1 Å². The van der Waals surface area contributed by atoms with Crippen molar-refractivity contribution in [3.8, 4) is 5.75 Å². The number of methoxy groups -OCH3 is 1. The smallest absolute Gasteiger partial charge is 0.121 e. The monoisotopic (exact) mass is 225 g/mol. The van der Waals surface area contributed by atoms with Crippen molar-refractivity contribution in [3.63, 3.8) is 0 Å². The minimum absolute atomic E-state index is 0.894. The molecule has 0 bridgehead atoms. The lowest BCUT2D eigenvalue weighted by Gasteiger charge is -2.16. The molecule has 1 rings (SSSR count). The summed E-state index contributed by atoms with van der Waals surface area (Å²) in [5.74, 6) is 1.85. The Morgan fingerprint density at radius 3 is 2.67 bits per heavy atom. The Morgan fingerprint density at radius 2 is 2.13 bits per heavy atom. The molecule has 15 heavy (non-hydrogen) atoms. The Balaban J connectivity index is 2.66. The zero-order valence-corrected chi connectivity index (χ0v) is 10.6. The molecular formula is C12H19NOS. The SMILES string of the molecule is COc1ccc(CN(C)CCS)cc1C. The molecule has 0 aliphatic rings. The first-order valence-corrected chi connectivity index (χ1v) is 5.73. The minimum Gasteiger partial charge on any atom is -0.496 e. The molecule has 1 aromatic rings. The van der Waals surface area contributed by atoms with E-state index in [1.54, 1.807) is 7.11 Å². The topological polar surface area (TPSA) is 12.5 Å². The molecule has 0 atom stereocenters. The number of nitrogens with zero attached hydrogens (tertiary/aromatic N) is 1. The summed E-state index contributed by atoms with van der Waals surface area (Å²) in [6, 6.07) is 6.31. The molecule has 1 aromatic carbocycles. The number of hydrogen-bond acceptors (Lipinski definition) is 3. The molecule has 2 nitrogen and oxygen atoms in total. The van der Waals surface area contributed by atoms with Gasteiger partial charge in [0.1, 0.15) is 5.75 Å². The van der Waals surface area contributed by atoms with E-state index >= 15 is 0 Å². The number of rotatable bonds is 5. The van der Waals surface area contributed by atoms with E-state index in [0.29, 0.717) is 0 Å². The number of thiol groups is 1. The Bertz CT molecular complexity index is 314. The molecule has 3 heteroatoms. The van der Waals surface area contributed by atoms with Crippen molar-refractivity contribution >= 4 is 12.6 Å². The Kier molecular flexibility index (Phi) is 4.99. The van der Waals surface area contributed by atoms with Crippen molar-refractivity contribution in [3.05, 3.63) is 29.3 Å². The van der Waals surface area contributed by atoms with Gasteiger partial charge in [-0.2, -0.15) is 12.6 Å².